The summed E-state index contributed by atoms with van der Waals surface area (Å²) in [5, 5.41) is 0. The summed E-state index contributed by atoms with van der Waals surface area (Å²) in [6, 6.07) is 0. The average Bonchev–Trinajstić information content (AvgIpc) is 2.43. The van der Waals surface area contributed by atoms with Gasteiger partial charge in [0.25, 0.3) is 0 Å². The van der Waals surface area contributed by atoms with Gasteiger partial charge in [0.05, 0.1) is 5.92 Å². The summed E-state index contributed by atoms with van der Waals surface area (Å²) >= 11 is 0. The van der Waals surface area contributed by atoms with Crippen LogP contribution in [0.4, 0.5) is 70.2 Å². The van der Waals surface area contributed by atoms with E-state index in [9.17, 15) is 70.2 Å². The van der Waals surface area contributed by atoms with E-state index < -0.39 is 60.7 Å². The third kappa shape index (κ3) is 4.14. The summed E-state index contributed by atoms with van der Waals surface area (Å²) in [5.74, 6) is -42.2. The van der Waals surface area contributed by atoms with Crippen molar-refractivity contribution < 1.29 is 70.2 Å². The SMILES string of the molecule is C=CCC(CC(F)(F)C(F)(F)C(F)(F)C(F)(F)C(F)(F)C(F)(F)F)C(F)(F)F. The molecule has 0 nitrogen and oxygen atoms in total. The maximum absolute atomic E-state index is 13.4. The van der Waals surface area contributed by atoms with Crippen molar-refractivity contribution in [3.8, 4) is 0 Å². The maximum Gasteiger partial charge on any atom is 0.460 e. The summed E-state index contributed by atoms with van der Waals surface area (Å²) in [5.41, 5.74) is 0. The second-order valence-corrected chi connectivity index (χ2v) is 5.47. The van der Waals surface area contributed by atoms with Crippen molar-refractivity contribution in [2.45, 2.75) is 54.8 Å². The van der Waals surface area contributed by atoms with E-state index in [2.05, 4.69) is 6.58 Å². The molecular weight excluding hydrogens is 448 g/mol. The van der Waals surface area contributed by atoms with E-state index in [0.29, 0.717) is 0 Å². The van der Waals surface area contributed by atoms with Crippen molar-refractivity contribution in [1.29, 1.82) is 0 Å². The standard InChI is InChI=1S/C12H8F16/c1-2-3-5(7(15,16)17)4-6(13,14)8(18,19)9(20,21)10(22,23)11(24,25)12(26,27)28/h2,5H,1,3-4H2. The molecule has 0 saturated heterocycles. The smallest absolute Gasteiger partial charge is 0.200 e. The molecular formula is C12H8F16. The summed E-state index contributed by atoms with van der Waals surface area (Å²) < 4.78 is 204. The van der Waals surface area contributed by atoms with E-state index in [-0.39, 0.29) is 6.08 Å². The lowest BCUT2D eigenvalue weighted by Crippen LogP contribution is -2.70. The molecule has 0 amide bonds. The van der Waals surface area contributed by atoms with Gasteiger partial charge in [-0.2, -0.15) is 70.2 Å². The van der Waals surface area contributed by atoms with Crippen LogP contribution in [0.15, 0.2) is 12.7 Å². The molecule has 0 saturated carbocycles. The minimum atomic E-state index is -8.14. The maximum atomic E-state index is 13.4. The van der Waals surface area contributed by atoms with Gasteiger partial charge in [-0.1, -0.05) is 6.08 Å². The molecule has 1 unspecified atom stereocenters. The van der Waals surface area contributed by atoms with Crippen LogP contribution in [-0.2, 0) is 0 Å². The zero-order valence-corrected chi connectivity index (χ0v) is 12.8. The van der Waals surface area contributed by atoms with E-state index in [4.69, 9.17) is 0 Å². The van der Waals surface area contributed by atoms with Gasteiger partial charge < -0.3 is 0 Å². The van der Waals surface area contributed by atoms with E-state index in [0.717, 1.165) is 0 Å². The Morgan fingerprint density at radius 1 is 0.571 bits per heavy atom. The fourth-order valence-electron chi connectivity index (χ4n) is 1.77. The van der Waals surface area contributed by atoms with Gasteiger partial charge in [-0.3, -0.25) is 0 Å². The molecule has 0 aliphatic heterocycles. The van der Waals surface area contributed by atoms with E-state index >= 15 is 0 Å². The molecule has 0 aromatic rings. The summed E-state index contributed by atoms with van der Waals surface area (Å²) in [6.07, 6.45) is -18.1. The van der Waals surface area contributed by atoms with Crippen LogP contribution in [0.5, 0.6) is 0 Å². The van der Waals surface area contributed by atoms with Crippen LogP contribution in [0.1, 0.15) is 12.8 Å². The molecule has 0 heterocycles. The first-order valence-corrected chi connectivity index (χ1v) is 6.55. The highest BCUT2D eigenvalue weighted by atomic mass is 19.4. The third-order valence-corrected chi connectivity index (χ3v) is 3.42. The average molecular weight is 456 g/mol. The third-order valence-electron chi connectivity index (χ3n) is 3.42. The number of alkyl halides is 16. The first-order valence-electron chi connectivity index (χ1n) is 6.55. The Bertz CT molecular complexity index is 551. The minimum Gasteiger partial charge on any atom is -0.200 e. The summed E-state index contributed by atoms with van der Waals surface area (Å²) in [6.45, 7) is 2.63. The fraction of sp³-hybridized carbons (Fsp3) is 0.833. The molecule has 28 heavy (non-hydrogen) atoms. The van der Waals surface area contributed by atoms with E-state index in [1.54, 1.807) is 0 Å². The molecule has 168 valence electrons. The lowest BCUT2D eigenvalue weighted by molar-refractivity contribution is -0.441. The molecule has 0 aliphatic carbocycles. The second kappa shape index (κ2) is 7.15. The van der Waals surface area contributed by atoms with Crippen LogP contribution in [0.25, 0.3) is 0 Å². The van der Waals surface area contributed by atoms with Crippen molar-refractivity contribution in [2.75, 3.05) is 0 Å². The first-order chi connectivity index (χ1) is 11.9. The highest BCUT2D eigenvalue weighted by Crippen LogP contribution is 2.61. The fourth-order valence-corrected chi connectivity index (χ4v) is 1.77. The van der Waals surface area contributed by atoms with Crippen molar-refractivity contribution in [3.05, 3.63) is 12.7 Å². The number of hydrogen-bond acceptors (Lipinski definition) is 0. The largest absolute Gasteiger partial charge is 0.460 e. The van der Waals surface area contributed by atoms with E-state index in [1.165, 1.54) is 0 Å². The molecule has 0 radical (unpaired) electrons. The van der Waals surface area contributed by atoms with Crippen molar-refractivity contribution >= 4 is 0 Å². The van der Waals surface area contributed by atoms with Gasteiger partial charge in [0.2, 0.25) is 0 Å². The predicted octanol–water partition coefficient (Wildman–Crippen LogP) is 6.87. The monoisotopic (exact) mass is 456 g/mol. The molecule has 0 N–H and O–H groups in total. The second-order valence-electron chi connectivity index (χ2n) is 5.47. The number of rotatable bonds is 8. The van der Waals surface area contributed by atoms with Gasteiger partial charge in [0.1, 0.15) is 0 Å². The highest BCUT2D eigenvalue weighted by Gasteiger charge is 2.90. The van der Waals surface area contributed by atoms with Crippen LogP contribution in [0.2, 0.25) is 0 Å². The number of halogens is 16. The molecule has 0 fully saturated rings. The molecule has 0 rings (SSSR count). The lowest BCUT2D eigenvalue weighted by Gasteiger charge is -2.40. The zero-order valence-electron chi connectivity index (χ0n) is 12.8. The lowest BCUT2D eigenvalue weighted by atomic mass is 9.87. The Morgan fingerprint density at radius 2 is 0.929 bits per heavy atom. The molecule has 0 aromatic carbocycles. The van der Waals surface area contributed by atoms with Crippen molar-refractivity contribution in [3.63, 3.8) is 0 Å². The molecule has 0 bridgehead atoms. The minimum absolute atomic E-state index is 0.219. The van der Waals surface area contributed by atoms with Crippen LogP contribution in [0.3, 0.4) is 0 Å². The van der Waals surface area contributed by atoms with Gasteiger partial charge in [-0.25, -0.2) is 0 Å². The van der Waals surface area contributed by atoms with E-state index in [1.807, 2.05) is 0 Å². The van der Waals surface area contributed by atoms with Crippen LogP contribution < -0.4 is 0 Å². The Hall–Kier alpha value is -1.38. The first kappa shape index (κ1) is 26.6. The van der Waals surface area contributed by atoms with Crippen molar-refractivity contribution in [1.82, 2.24) is 0 Å². The Labute approximate surface area is 145 Å². The number of allylic oxidation sites excluding steroid dienone is 1. The van der Waals surface area contributed by atoms with Gasteiger partial charge in [-0.05, 0) is 6.42 Å². The molecule has 1 atom stereocenters. The summed E-state index contributed by atoms with van der Waals surface area (Å²) in [7, 11) is 0. The number of hydrogen-bond donors (Lipinski definition) is 0. The van der Waals surface area contributed by atoms with Gasteiger partial charge >= 0.3 is 42.0 Å². The normalized spacial score (nSPS) is 16.9. The van der Waals surface area contributed by atoms with Gasteiger partial charge in [-0.15, -0.1) is 6.58 Å². The Balaban J connectivity index is 6.28. The summed E-state index contributed by atoms with van der Waals surface area (Å²) in [4.78, 5) is 0. The van der Waals surface area contributed by atoms with Crippen LogP contribution >= 0.6 is 0 Å². The Kier molecular flexibility index (Phi) is 6.79. The topological polar surface area (TPSA) is 0 Å². The van der Waals surface area contributed by atoms with Crippen LogP contribution in [-0.4, -0.2) is 42.0 Å². The van der Waals surface area contributed by atoms with Crippen LogP contribution in [0, 0.1) is 5.92 Å². The Morgan fingerprint density at radius 3 is 1.21 bits per heavy atom. The van der Waals surface area contributed by atoms with Gasteiger partial charge in [0, 0.05) is 6.42 Å². The molecule has 16 heteroatoms. The predicted molar refractivity (Wildman–Crippen MR) is 59.8 cm³/mol. The highest BCUT2D eigenvalue weighted by molar-refractivity contribution is 5.10. The molecule has 0 aromatic heterocycles. The molecule has 0 aliphatic rings. The quantitative estimate of drug-likeness (QED) is 0.276. The molecule has 0 spiro atoms. The van der Waals surface area contributed by atoms with Crippen molar-refractivity contribution in [2.24, 2.45) is 5.92 Å². The zero-order chi connectivity index (χ0) is 23.2. The van der Waals surface area contributed by atoms with Gasteiger partial charge in [0.15, 0.2) is 0 Å².